The lowest BCUT2D eigenvalue weighted by Crippen LogP contribution is -2.33. The molecule has 3 heteroatoms. The second kappa shape index (κ2) is 4.88. The van der Waals surface area contributed by atoms with E-state index in [2.05, 4.69) is 25.7 Å². The molecule has 1 aliphatic carbocycles. The molecule has 1 aromatic rings. The standard InChI is InChI=1S/C15H22O2Si/c1-17-14-8-6-5-7-12(14)13-9-11(13)10-15(16)18(2,3)4/h5-8,11,13H,9-10H2,1-4H3/t11-,13+/m0/s1. The van der Waals surface area contributed by atoms with Crippen LogP contribution in [-0.4, -0.2) is 20.6 Å². The summed E-state index contributed by atoms with van der Waals surface area (Å²) in [6.45, 7) is 6.40. The number of para-hydroxylation sites is 1. The van der Waals surface area contributed by atoms with Gasteiger partial charge in [0.05, 0.1) is 7.11 Å². The van der Waals surface area contributed by atoms with E-state index < -0.39 is 8.07 Å². The number of hydrogen-bond acceptors (Lipinski definition) is 2. The Morgan fingerprint density at radius 1 is 1.33 bits per heavy atom. The van der Waals surface area contributed by atoms with Gasteiger partial charge in [-0.05, 0) is 29.9 Å². The first-order valence-electron chi connectivity index (χ1n) is 6.59. The van der Waals surface area contributed by atoms with Gasteiger partial charge in [0.15, 0.2) is 0 Å². The molecule has 18 heavy (non-hydrogen) atoms. The third-order valence-corrected chi connectivity index (χ3v) is 5.62. The summed E-state index contributed by atoms with van der Waals surface area (Å²) in [4.78, 5) is 12.1. The zero-order valence-corrected chi connectivity index (χ0v) is 12.7. The predicted molar refractivity (Wildman–Crippen MR) is 76.8 cm³/mol. The van der Waals surface area contributed by atoms with Crippen LogP contribution in [0, 0.1) is 5.92 Å². The van der Waals surface area contributed by atoms with Crippen molar-refractivity contribution in [3.63, 3.8) is 0 Å². The van der Waals surface area contributed by atoms with Crippen LogP contribution in [0.2, 0.25) is 19.6 Å². The Labute approximate surface area is 110 Å². The van der Waals surface area contributed by atoms with E-state index in [0.29, 0.717) is 17.2 Å². The third kappa shape index (κ3) is 2.83. The molecule has 2 rings (SSSR count). The average Bonchev–Trinajstić information content (AvgIpc) is 3.07. The Morgan fingerprint density at radius 2 is 2.00 bits per heavy atom. The van der Waals surface area contributed by atoms with Crippen molar-refractivity contribution in [3.8, 4) is 5.75 Å². The molecular formula is C15H22O2Si. The molecule has 0 aliphatic heterocycles. The number of methoxy groups -OCH3 is 1. The minimum Gasteiger partial charge on any atom is -0.496 e. The molecule has 98 valence electrons. The Morgan fingerprint density at radius 3 is 2.61 bits per heavy atom. The van der Waals surface area contributed by atoms with E-state index in [4.69, 9.17) is 4.74 Å². The lowest BCUT2D eigenvalue weighted by molar-refractivity contribution is -0.113. The fourth-order valence-corrected chi connectivity index (χ4v) is 3.25. The van der Waals surface area contributed by atoms with Crippen molar-refractivity contribution in [2.75, 3.05) is 7.11 Å². The molecule has 0 radical (unpaired) electrons. The third-order valence-electron chi connectivity index (χ3n) is 3.75. The molecule has 0 aromatic heterocycles. The van der Waals surface area contributed by atoms with Gasteiger partial charge in [-0.25, -0.2) is 0 Å². The zero-order valence-electron chi connectivity index (χ0n) is 11.7. The molecule has 1 aromatic carbocycles. The lowest BCUT2D eigenvalue weighted by atomic mass is 10.1. The summed E-state index contributed by atoms with van der Waals surface area (Å²) in [5.74, 6) is 2.03. The maximum absolute atomic E-state index is 12.1. The highest BCUT2D eigenvalue weighted by Gasteiger charge is 2.42. The van der Waals surface area contributed by atoms with Gasteiger partial charge in [0.2, 0.25) is 0 Å². The van der Waals surface area contributed by atoms with E-state index in [1.54, 1.807) is 7.11 Å². The normalized spacial score (nSPS) is 22.7. The number of benzene rings is 1. The molecule has 1 fully saturated rings. The second-order valence-electron chi connectivity index (χ2n) is 6.22. The largest absolute Gasteiger partial charge is 0.496 e. The van der Waals surface area contributed by atoms with Gasteiger partial charge in [-0.1, -0.05) is 37.8 Å². The van der Waals surface area contributed by atoms with E-state index in [-0.39, 0.29) is 0 Å². The van der Waals surface area contributed by atoms with E-state index in [9.17, 15) is 4.79 Å². The maximum atomic E-state index is 12.1. The number of rotatable bonds is 5. The van der Waals surface area contributed by atoms with E-state index in [1.807, 2.05) is 18.2 Å². The molecule has 1 saturated carbocycles. The number of carbonyl (C=O) groups excluding carboxylic acids is 1. The first kappa shape index (κ1) is 13.3. The topological polar surface area (TPSA) is 26.3 Å². The Bertz CT molecular complexity index is 448. The van der Waals surface area contributed by atoms with Crippen molar-refractivity contribution in [2.45, 2.75) is 38.4 Å². The number of carbonyl (C=O) groups is 1. The molecule has 2 atom stereocenters. The molecule has 0 spiro atoms. The van der Waals surface area contributed by atoms with Crippen LogP contribution in [0.15, 0.2) is 24.3 Å². The van der Waals surface area contributed by atoms with Crippen LogP contribution in [0.5, 0.6) is 5.75 Å². The van der Waals surface area contributed by atoms with E-state index in [1.165, 1.54) is 5.56 Å². The smallest absolute Gasteiger partial charge is 0.123 e. The maximum Gasteiger partial charge on any atom is 0.123 e. The minimum absolute atomic E-state index is 0.505. The van der Waals surface area contributed by atoms with Crippen LogP contribution in [0.3, 0.4) is 0 Å². The van der Waals surface area contributed by atoms with Gasteiger partial charge in [-0.15, -0.1) is 0 Å². The van der Waals surface area contributed by atoms with Gasteiger partial charge in [-0.2, -0.15) is 0 Å². The highest BCUT2D eigenvalue weighted by molar-refractivity contribution is 7.03. The van der Waals surface area contributed by atoms with Gasteiger partial charge in [0.1, 0.15) is 19.2 Å². The molecule has 0 bridgehead atoms. The second-order valence-corrected chi connectivity index (χ2v) is 11.3. The highest BCUT2D eigenvalue weighted by atomic mass is 28.3. The van der Waals surface area contributed by atoms with E-state index in [0.717, 1.165) is 18.6 Å². The Hall–Kier alpha value is -1.09. The summed E-state index contributed by atoms with van der Waals surface area (Å²) in [5, 5.41) is 0.505. The number of ether oxygens (including phenoxy) is 1. The van der Waals surface area contributed by atoms with Crippen molar-refractivity contribution in [1.29, 1.82) is 0 Å². The molecule has 1 aliphatic rings. The van der Waals surface area contributed by atoms with Crippen LogP contribution in [-0.2, 0) is 4.79 Å². The first-order chi connectivity index (χ1) is 8.43. The predicted octanol–water partition coefficient (Wildman–Crippen LogP) is 3.64. The summed E-state index contributed by atoms with van der Waals surface area (Å²) >= 11 is 0. The Balaban J connectivity index is 2.01. The first-order valence-corrected chi connectivity index (χ1v) is 10.1. The summed E-state index contributed by atoms with van der Waals surface area (Å²) in [5.41, 5.74) is 1.27. The molecule has 2 nitrogen and oxygen atoms in total. The van der Waals surface area contributed by atoms with Crippen LogP contribution >= 0.6 is 0 Å². The van der Waals surface area contributed by atoms with Crippen molar-refractivity contribution in [3.05, 3.63) is 29.8 Å². The number of hydrogen-bond donors (Lipinski definition) is 0. The molecule has 0 N–H and O–H groups in total. The minimum atomic E-state index is -1.61. The summed E-state index contributed by atoms with van der Waals surface area (Å²) in [6.07, 6.45) is 1.90. The van der Waals surface area contributed by atoms with Crippen LogP contribution < -0.4 is 4.74 Å². The van der Waals surface area contributed by atoms with Gasteiger partial charge < -0.3 is 9.53 Å². The van der Waals surface area contributed by atoms with Crippen LogP contribution in [0.4, 0.5) is 0 Å². The SMILES string of the molecule is COc1ccccc1[C@@H]1C[C@H]1CC(=O)[Si](C)(C)C. The molecular weight excluding hydrogens is 240 g/mol. The van der Waals surface area contributed by atoms with Gasteiger partial charge in [0, 0.05) is 6.42 Å². The summed E-state index contributed by atoms with van der Waals surface area (Å²) in [6, 6.07) is 8.17. The summed E-state index contributed by atoms with van der Waals surface area (Å²) in [7, 11) is 0.106. The Kier molecular flexibility index (Phi) is 3.62. The van der Waals surface area contributed by atoms with Gasteiger partial charge in [-0.3, -0.25) is 0 Å². The average molecular weight is 262 g/mol. The van der Waals surface area contributed by atoms with Gasteiger partial charge in [0.25, 0.3) is 0 Å². The van der Waals surface area contributed by atoms with Crippen LogP contribution in [0.1, 0.15) is 24.3 Å². The fourth-order valence-electron chi connectivity index (χ4n) is 2.37. The van der Waals surface area contributed by atoms with Gasteiger partial charge >= 0.3 is 0 Å². The van der Waals surface area contributed by atoms with Crippen LogP contribution in [0.25, 0.3) is 0 Å². The quantitative estimate of drug-likeness (QED) is 0.757. The molecule has 0 amide bonds. The van der Waals surface area contributed by atoms with Crippen molar-refractivity contribution < 1.29 is 9.53 Å². The monoisotopic (exact) mass is 262 g/mol. The fraction of sp³-hybridized carbons (Fsp3) is 0.533. The molecule has 0 heterocycles. The van der Waals surface area contributed by atoms with Crippen molar-refractivity contribution >= 4 is 13.5 Å². The zero-order chi connectivity index (χ0) is 13.3. The molecule has 0 saturated heterocycles. The summed E-state index contributed by atoms with van der Waals surface area (Å²) < 4.78 is 5.39. The highest BCUT2D eigenvalue weighted by Crippen LogP contribution is 2.52. The molecule has 0 unspecified atom stereocenters. The van der Waals surface area contributed by atoms with E-state index >= 15 is 0 Å². The van der Waals surface area contributed by atoms with Crippen molar-refractivity contribution in [2.24, 2.45) is 5.92 Å². The lowest BCUT2D eigenvalue weighted by Gasteiger charge is -2.14. The van der Waals surface area contributed by atoms with Crippen molar-refractivity contribution in [1.82, 2.24) is 0 Å².